The molecule has 1 N–H and O–H groups in total. The Morgan fingerprint density at radius 1 is 1.00 bits per heavy atom. The van der Waals surface area contributed by atoms with Crippen molar-refractivity contribution in [3.63, 3.8) is 0 Å². The molecule has 2 heterocycles. The van der Waals surface area contributed by atoms with Gasteiger partial charge in [0.1, 0.15) is 0 Å². The van der Waals surface area contributed by atoms with Gasteiger partial charge in [-0.3, -0.25) is 0 Å². The van der Waals surface area contributed by atoms with E-state index in [1.165, 1.54) is 0 Å². The van der Waals surface area contributed by atoms with Gasteiger partial charge in [0.2, 0.25) is 0 Å². The summed E-state index contributed by atoms with van der Waals surface area (Å²) in [6, 6.07) is 11.5. The first-order valence-corrected chi connectivity index (χ1v) is 10.4. The van der Waals surface area contributed by atoms with Crippen molar-refractivity contribution < 1.29 is 0 Å². The molecule has 0 fully saturated rings. The SMILES string of the molecule is Cc1cn(-c2ccc(-c3nc(Nc4c(Cl)cc(Cl)cc4Cl)sc3C)cc2)cn1. The predicted octanol–water partition coefficient (Wildman–Crippen LogP) is 7.32. The van der Waals surface area contributed by atoms with Crippen molar-refractivity contribution in [2.45, 2.75) is 13.8 Å². The molecule has 4 rings (SSSR count). The number of thiazole rings is 1. The van der Waals surface area contributed by atoms with E-state index in [1.807, 2.05) is 24.6 Å². The average molecular weight is 450 g/mol. The minimum atomic E-state index is 0.451. The van der Waals surface area contributed by atoms with Crippen molar-refractivity contribution in [3.05, 3.63) is 74.6 Å². The molecule has 142 valence electrons. The first-order valence-electron chi connectivity index (χ1n) is 8.41. The third-order valence-corrected chi connectivity index (χ3v) is 5.89. The van der Waals surface area contributed by atoms with Crippen molar-refractivity contribution in [1.29, 1.82) is 0 Å². The van der Waals surface area contributed by atoms with Crippen molar-refractivity contribution >= 4 is 57.0 Å². The Morgan fingerprint density at radius 2 is 1.68 bits per heavy atom. The van der Waals surface area contributed by atoms with Crippen LogP contribution in [0.3, 0.4) is 0 Å². The lowest BCUT2D eigenvalue weighted by atomic mass is 10.1. The number of aromatic nitrogens is 3. The molecule has 0 spiro atoms. The van der Waals surface area contributed by atoms with Crippen LogP contribution in [0.25, 0.3) is 16.9 Å². The molecule has 0 bridgehead atoms. The zero-order chi connectivity index (χ0) is 19.8. The fourth-order valence-corrected chi connectivity index (χ4v) is 4.59. The van der Waals surface area contributed by atoms with E-state index in [0.29, 0.717) is 25.9 Å². The highest BCUT2D eigenvalue weighted by Crippen LogP contribution is 2.38. The topological polar surface area (TPSA) is 42.7 Å². The predicted molar refractivity (Wildman–Crippen MR) is 119 cm³/mol. The first-order chi connectivity index (χ1) is 13.4. The van der Waals surface area contributed by atoms with Gasteiger partial charge < -0.3 is 9.88 Å². The number of anilines is 2. The van der Waals surface area contributed by atoms with Gasteiger partial charge in [-0.1, -0.05) is 46.9 Å². The minimum Gasteiger partial charge on any atom is -0.329 e. The van der Waals surface area contributed by atoms with Gasteiger partial charge in [0.25, 0.3) is 0 Å². The average Bonchev–Trinajstić information content (AvgIpc) is 3.24. The molecule has 8 heteroatoms. The maximum absolute atomic E-state index is 6.26. The number of benzene rings is 2. The summed E-state index contributed by atoms with van der Waals surface area (Å²) in [5.74, 6) is 0. The Hall–Kier alpha value is -2.05. The number of nitrogens with one attached hydrogen (secondary N) is 1. The molecular weight excluding hydrogens is 435 g/mol. The molecule has 0 amide bonds. The molecular formula is C20H15Cl3N4S. The molecule has 2 aromatic heterocycles. The van der Waals surface area contributed by atoms with Crippen LogP contribution in [0.5, 0.6) is 0 Å². The molecule has 4 aromatic rings. The second-order valence-electron chi connectivity index (χ2n) is 6.26. The Bertz CT molecular complexity index is 1130. The number of rotatable bonds is 4. The highest BCUT2D eigenvalue weighted by Gasteiger charge is 2.14. The van der Waals surface area contributed by atoms with Crippen LogP contribution < -0.4 is 5.32 Å². The lowest BCUT2D eigenvalue weighted by Gasteiger charge is -2.08. The fraction of sp³-hybridized carbons (Fsp3) is 0.100. The largest absolute Gasteiger partial charge is 0.329 e. The Balaban J connectivity index is 1.61. The molecule has 2 aromatic carbocycles. The summed E-state index contributed by atoms with van der Waals surface area (Å²) < 4.78 is 1.99. The van der Waals surface area contributed by atoms with Gasteiger partial charge in [-0.15, -0.1) is 11.3 Å². The second-order valence-corrected chi connectivity index (χ2v) is 8.72. The Kier molecular flexibility index (Phi) is 5.34. The summed E-state index contributed by atoms with van der Waals surface area (Å²) in [5, 5.41) is 5.32. The number of hydrogen-bond donors (Lipinski definition) is 1. The Morgan fingerprint density at radius 3 is 2.29 bits per heavy atom. The highest BCUT2D eigenvalue weighted by atomic mass is 35.5. The Labute approximate surface area is 181 Å². The van der Waals surface area contributed by atoms with Gasteiger partial charge in [-0.25, -0.2) is 9.97 Å². The smallest absolute Gasteiger partial charge is 0.188 e. The zero-order valence-corrected chi connectivity index (χ0v) is 18.1. The van der Waals surface area contributed by atoms with E-state index in [2.05, 4.69) is 34.6 Å². The van der Waals surface area contributed by atoms with Crippen LogP contribution >= 0.6 is 46.1 Å². The normalized spacial score (nSPS) is 11.0. The van der Waals surface area contributed by atoms with E-state index < -0.39 is 0 Å². The van der Waals surface area contributed by atoms with Crippen molar-refractivity contribution in [2.24, 2.45) is 0 Å². The van der Waals surface area contributed by atoms with E-state index in [9.17, 15) is 0 Å². The summed E-state index contributed by atoms with van der Waals surface area (Å²) >= 11 is 20.0. The summed E-state index contributed by atoms with van der Waals surface area (Å²) in [4.78, 5) is 10.1. The van der Waals surface area contributed by atoms with Crippen LogP contribution in [0.2, 0.25) is 15.1 Å². The van der Waals surface area contributed by atoms with Crippen LogP contribution in [0.15, 0.2) is 48.9 Å². The molecule has 0 saturated carbocycles. The van der Waals surface area contributed by atoms with E-state index in [0.717, 1.165) is 27.5 Å². The third-order valence-electron chi connectivity index (χ3n) is 4.19. The summed E-state index contributed by atoms with van der Waals surface area (Å²) in [6.45, 7) is 4.01. The number of halogens is 3. The minimum absolute atomic E-state index is 0.451. The maximum atomic E-state index is 6.26. The third kappa shape index (κ3) is 3.89. The van der Waals surface area contributed by atoms with Crippen LogP contribution in [0, 0.1) is 13.8 Å². The number of hydrogen-bond acceptors (Lipinski definition) is 4. The molecule has 0 aliphatic carbocycles. The van der Waals surface area contributed by atoms with E-state index in [4.69, 9.17) is 39.8 Å². The highest BCUT2D eigenvalue weighted by molar-refractivity contribution is 7.16. The van der Waals surface area contributed by atoms with Gasteiger partial charge in [0.05, 0.1) is 33.4 Å². The molecule has 0 radical (unpaired) electrons. The van der Waals surface area contributed by atoms with Gasteiger partial charge in [-0.05, 0) is 38.1 Å². The monoisotopic (exact) mass is 448 g/mol. The van der Waals surface area contributed by atoms with Gasteiger partial charge in [0, 0.05) is 27.3 Å². The van der Waals surface area contributed by atoms with Crippen LogP contribution in [0.4, 0.5) is 10.8 Å². The maximum Gasteiger partial charge on any atom is 0.188 e. The number of nitrogens with zero attached hydrogens (tertiary/aromatic N) is 3. The van der Waals surface area contributed by atoms with Crippen LogP contribution in [0.1, 0.15) is 10.6 Å². The lowest BCUT2D eigenvalue weighted by Crippen LogP contribution is -1.92. The summed E-state index contributed by atoms with van der Waals surface area (Å²) in [7, 11) is 0. The van der Waals surface area contributed by atoms with Crippen molar-refractivity contribution in [2.75, 3.05) is 5.32 Å². The quantitative estimate of drug-likeness (QED) is 0.355. The van der Waals surface area contributed by atoms with Gasteiger partial charge >= 0.3 is 0 Å². The first kappa shape index (κ1) is 19.3. The fourth-order valence-electron chi connectivity index (χ4n) is 2.84. The number of imidazole rings is 1. The van der Waals surface area contributed by atoms with Crippen LogP contribution in [-0.2, 0) is 0 Å². The zero-order valence-electron chi connectivity index (χ0n) is 15.0. The molecule has 0 unspecified atom stereocenters. The molecule has 0 aliphatic heterocycles. The summed E-state index contributed by atoms with van der Waals surface area (Å²) in [5.41, 5.74) is 4.58. The lowest BCUT2D eigenvalue weighted by molar-refractivity contribution is 1.06. The second kappa shape index (κ2) is 7.76. The van der Waals surface area contributed by atoms with E-state index in [1.54, 1.807) is 29.8 Å². The molecule has 4 nitrogen and oxygen atoms in total. The molecule has 0 aliphatic rings. The van der Waals surface area contributed by atoms with E-state index in [-0.39, 0.29) is 0 Å². The van der Waals surface area contributed by atoms with Gasteiger partial charge in [0.15, 0.2) is 5.13 Å². The van der Waals surface area contributed by atoms with E-state index >= 15 is 0 Å². The van der Waals surface area contributed by atoms with Gasteiger partial charge in [-0.2, -0.15) is 0 Å². The standard InChI is InChI=1S/C20H15Cl3N4S/c1-11-9-27(10-24-11)15-5-3-13(4-6-15)18-12(2)28-20(25-18)26-19-16(22)7-14(21)8-17(19)23/h3-10H,1-2H3,(H,25,26). The molecule has 0 atom stereocenters. The van der Waals surface area contributed by atoms with Crippen molar-refractivity contribution in [3.8, 4) is 16.9 Å². The summed E-state index contributed by atoms with van der Waals surface area (Å²) in [6.07, 6.45) is 3.80. The number of aryl methyl sites for hydroxylation is 2. The molecule has 0 saturated heterocycles. The molecule has 28 heavy (non-hydrogen) atoms. The van der Waals surface area contributed by atoms with Crippen molar-refractivity contribution in [1.82, 2.24) is 14.5 Å². The van der Waals surface area contributed by atoms with Crippen LogP contribution in [-0.4, -0.2) is 14.5 Å².